The van der Waals surface area contributed by atoms with E-state index in [9.17, 15) is 44.1 Å². The maximum atomic E-state index is 14.1. The number of nitrogens with one attached hydrogen (secondary N) is 4. The molecule has 16 nitrogen and oxygen atoms in total. The molecule has 5 unspecified atom stereocenters. The first-order valence-electron chi connectivity index (χ1n) is 18.9. The Morgan fingerprint density at radius 2 is 1.69 bits per heavy atom. The average Bonchev–Trinajstić information content (AvgIpc) is 3.47. The van der Waals surface area contributed by atoms with E-state index in [4.69, 9.17) is 11.5 Å². The molecule has 298 valence electrons. The van der Waals surface area contributed by atoms with E-state index in [2.05, 4.69) is 33.2 Å². The maximum absolute atomic E-state index is 14.1. The van der Waals surface area contributed by atoms with Crippen LogP contribution in [0.25, 0.3) is 0 Å². The van der Waals surface area contributed by atoms with Crippen LogP contribution in [0.5, 0.6) is 0 Å². The zero-order valence-corrected chi connectivity index (χ0v) is 31.0. The molecule has 0 bridgehead atoms. The average molecular weight is 764 g/mol. The van der Waals surface area contributed by atoms with Gasteiger partial charge in [-0.05, 0) is 110 Å². The largest absolute Gasteiger partial charge is 0.481 e. The number of ketones is 1. The molecule has 5 rings (SSSR count). The van der Waals surface area contributed by atoms with Gasteiger partial charge in [0.1, 0.15) is 17.7 Å². The van der Waals surface area contributed by atoms with Crippen molar-refractivity contribution in [1.29, 1.82) is 0 Å². The van der Waals surface area contributed by atoms with E-state index in [-0.39, 0.29) is 66.8 Å². The Morgan fingerprint density at radius 1 is 0.945 bits per heavy atom. The summed E-state index contributed by atoms with van der Waals surface area (Å²) in [5, 5.41) is 41.9. The van der Waals surface area contributed by atoms with Crippen molar-refractivity contribution in [2.45, 2.75) is 101 Å². The molecule has 9 atom stereocenters. The summed E-state index contributed by atoms with van der Waals surface area (Å²) in [6.07, 6.45) is 9.21. The number of fused-ring (bicyclic) bond motifs is 5. The van der Waals surface area contributed by atoms with Crippen molar-refractivity contribution < 1.29 is 44.1 Å². The van der Waals surface area contributed by atoms with Crippen molar-refractivity contribution in [2.24, 2.45) is 39.6 Å². The molecule has 4 aliphatic carbocycles. The number of carboxylic acids is 2. The van der Waals surface area contributed by atoms with E-state index in [0.29, 0.717) is 6.42 Å². The van der Waals surface area contributed by atoms with Crippen molar-refractivity contribution in [3.63, 3.8) is 0 Å². The summed E-state index contributed by atoms with van der Waals surface area (Å²) in [5.74, 6) is -4.75. The predicted molar refractivity (Wildman–Crippen MR) is 201 cm³/mol. The number of carbonyl (C=O) groups excluding carboxylic acids is 4. The third-order valence-corrected chi connectivity index (χ3v) is 12.1. The SMILES string of the molecule is CC12CCC3C(CCC4=CC(=O)C=CC43O)C1CC[C@@H]2N[C@@H](Cc1ccccc1)C(=O)N[C@@H](CC(=O)O)C(=O)NCC(=O)N[C@@H](CCCN=C(N)N)C(=O)O. The molecule has 0 saturated heterocycles. The second-order valence-electron chi connectivity index (χ2n) is 15.5. The van der Waals surface area contributed by atoms with Crippen LogP contribution < -0.4 is 32.7 Å². The number of aliphatic carboxylic acids is 2. The minimum Gasteiger partial charge on any atom is -0.481 e. The van der Waals surface area contributed by atoms with Gasteiger partial charge in [0.15, 0.2) is 11.7 Å². The van der Waals surface area contributed by atoms with E-state index in [1.54, 1.807) is 12.2 Å². The zero-order valence-electron chi connectivity index (χ0n) is 31.0. The molecular weight excluding hydrogens is 710 g/mol. The number of nitrogens with zero attached hydrogens (tertiary/aromatic N) is 1. The topological polar surface area (TPSA) is 276 Å². The molecule has 55 heavy (non-hydrogen) atoms. The third-order valence-electron chi connectivity index (χ3n) is 12.1. The lowest BCUT2D eigenvalue weighted by Gasteiger charge is -2.56. The number of nitrogens with two attached hydrogens (primary N) is 2. The molecule has 11 N–H and O–H groups in total. The van der Waals surface area contributed by atoms with Gasteiger partial charge in [0.05, 0.1) is 19.0 Å². The molecule has 0 aliphatic heterocycles. The van der Waals surface area contributed by atoms with Gasteiger partial charge in [0.2, 0.25) is 17.7 Å². The summed E-state index contributed by atoms with van der Waals surface area (Å²) >= 11 is 0. The minimum atomic E-state index is -1.53. The highest BCUT2D eigenvalue weighted by molar-refractivity contribution is 6.01. The Bertz CT molecular complexity index is 1730. The monoisotopic (exact) mass is 763 g/mol. The number of guanidine groups is 1. The predicted octanol–water partition coefficient (Wildman–Crippen LogP) is 0.287. The van der Waals surface area contributed by atoms with Crippen LogP contribution in [0.2, 0.25) is 0 Å². The minimum absolute atomic E-state index is 0.0135. The molecule has 3 amide bonds. The second kappa shape index (κ2) is 17.6. The lowest BCUT2D eigenvalue weighted by Crippen LogP contribution is -2.60. The van der Waals surface area contributed by atoms with E-state index >= 15 is 0 Å². The summed E-state index contributed by atoms with van der Waals surface area (Å²) in [5.41, 5.74) is 10.9. The Labute approximate surface area is 319 Å². The molecule has 0 spiro atoms. The summed E-state index contributed by atoms with van der Waals surface area (Å²) in [4.78, 5) is 79.4. The number of carboxylic acid groups (broad SMARTS) is 2. The van der Waals surface area contributed by atoms with Crippen LogP contribution in [-0.4, -0.2) is 99.6 Å². The number of aliphatic imine (C=N–C) groups is 1. The third kappa shape index (κ3) is 9.78. The Balaban J connectivity index is 1.26. The summed E-state index contributed by atoms with van der Waals surface area (Å²) < 4.78 is 0. The van der Waals surface area contributed by atoms with Gasteiger partial charge in [-0.1, -0.05) is 37.3 Å². The quantitative estimate of drug-likeness (QED) is 0.0589. The summed E-state index contributed by atoms with van der Waals surface area (Å²) in [6, 6.07) is 5.58. The van der Waals surface area contributed by atoms with Gasteiger partial charge in [-0.15, -0.1) is 0 Å². The highest BCUT2D eigenvalue weighted by atomic mass is 16.4. The lowest BCUT2D eigenvalue weighted by molar-refractivity contribution is -0.142. The number of amides is 3. The van der Waals surface area contributed by atoms with Crippen LogP contribution in [0.4, 0.5) is 0 Å². The highest BCUT2D eigenvalue weighted by Crippen LogP contribution is 2.62. The number of benzene rings is 1. The fraction of sp³-hybridized carbons (Fsp3) is 0.564. The molecule has 1 aromatic carbocycles. The van der Waals surface area contributed by atoms with E-state index < -0.39 is 66.4 Å². The number of rotatable bonds is 17. The van der Waals surface area contributed by atoms with Crippen molar-refractivity contribution in [2.75, 3.05) is 13.1 Å². The van der Waals surface area contributed by atoms with Crippen LogP contribution in [0.1, 0.15) is 70.3 Å². The molecule has 3 fully saturated rings. The smallest absolute Gasteiger partial charge is 0.326 e. The highest BCUT2D eigenvalue weighted by Gasteiger charge is 2.59. The van der Waals surface area contributed by atoms with Gasteiger partial charge in [-0.2, -0.15) is 0 Å². The van der Waals surface area contributed by atoms with Crippen LogP contribution in [-0.2, 0) is 35.2 Å². The molecule has 1 aromatic rings. The van der Waals surface area contributed by atoms with E-state index in [1.807, 2.05) is 30.3 Å². The van der Waals surface area contributed by atoms with Gasteiger partial charge >= 0.3 is 11.9 Å². The van der Waals surface area contributed by atoms with Gasteiger partial charge in [0.25, 0.3) is 0 Å². The van der Waals surface area contributed by atoms with E-state index in [0.717, 1.165) is 43.2 Å². The lowest BCUT2D eigenvalue weighted by atomic mass is 9.51. The van der Waals surface area contributed by atoms with Gasteiger partial charge in [0, 0.05) is 12.6 Å². The summed E-state index contributed by atoms with van der Waals surface area (Å²) in [7, 11) is 0. The standard InChI is InChI=1S/C39H53N7O9/c1-38-15-14-27-25(10-9-23-19-24(47)13-16-39(23,27)55)26(38)11-12-31(38)44-29(18-22-6-3-2-4-7-22)35(52)46-30(20-33(49)50)34(51)43-21-32(48)45-28(36(53)54)8-5-17-42-37(40)41/h2-4,6-7,13,16,19,25-31,44,55H,5,8-12,14-15,17-18,20-21H2,1H3,(H,43,51)(H,45,48)(H,46,52)(H,49,50)(H,53,54)(H4,40,41,42)/t25?,26?,27?,28-,29-,30-,31-,38?,39?/m0/s1. The first-order valence-corrected chi connectivity index (χ1v) is 18.9. The molecule has 16 heteroatoms. The molecule has 4 aliphatic rings. The van der Waals surface area contributed by atoms with Crippen molar-refractivity contribution in [3.8, 4) is 0 Å². The summed E-state index contributed by atoms with van der Waals surface area (Å²) in [6.45, 7) is 1.73. The first kappa shape index (κ1) is 41.1. The number of allylic oxidation sites excluding steroid dienone is 2. The fourth-order valence-corrected chi connectivity index (χ4v) is 9.39. The van der Waals surface area contributed by atoms with Crippen LogP contribution in [0.15, 0.2) is 59.1 Å². The Hall–Kier alpha value is -5.09. The normalized spacial score (nSPS) is 28.2. The van der Waals surface area contributed by atoms with Gasteiger partial charge in [-0.25, -0.2) is 4.79 Å². The number of carbonyl (C=O) groups is 6. The number of hydrogen-bond acceptors (Lipinski definition) is 9. The fourth-order valence-electron chi connectivity index (χ4n) is 9.39. The van der Waals surface area contributed by atoms with Crippen LogP contribution in [0, 0.1) is 23.2 Å². The number of hydrogen-bond donors (Lipinski definition) is 9. The molecule has 0 heterocycles. The number of aliphatic hydroxyl groups is 1. The molecular formula is C39H53N7O9. The van der Waals surface area contributed by atoms with Gasteiger partial charge in [-0.3, -0.25) is 29.0 Å². The van der Waals surface area contributed by atoms with Crippen molar-refractivity contribution in [1.82, 2.24) is 21.3 Å². The maximum Gasteiger partial charge on any atom is 0.326 e. The van der Waals surface area contributed by atoms with Crippen LogP contribution >= 0.6 is 0 Å². The Kier molecular flexibility index (Phi) is 13.1. The van der Waals surface area contributed by atoms with Gasteiger partial charge < -0.3 is 48.1 Å². The first-order chi connectivity index (χ1) is 26.1. The Morgan fingerprint density at radius 3 is 2.38 bits per heavy atom. The molecule has 3 saturated carbocycles. The second-order valence-corrected chi connectivity index (χ2v) is 15.5. The van der Waals surface area contributed by atoms with E-state index in [1.165, 1.54) is 6.08 Å². The zero-order chi connectivity index (χ0) is 39.9. The van der Waals surface area contributed by atoms with Crippen molar-refractivity contribution in [3.05, 3.63) is 59.7 Å². The molecule has 0 radical (unpaired) electrons. The molecule has 0 aromatic heterocycles. The van der Waals surface area contributed by atoms with Crippen LogP contribution in [0.3, 0.4) is 0 Å². The van der Waals surface area contributed by atoms with Crippen molar-refractivity contribution >= 4 is 41.4 Å².